The molecule has 1 amide bonds. The van der Waals surface area contributed by atoms with Gasteiger partial charge in [0.25, 0.3) is 11.7 Å². The fourth-order valence-electron chi connectivity index (χ4n) is 4.51. The van der Waals surface area contributed by atoms with Gasteiger partial charge in [-0.15, -0.1) is 0 Å². The van der Waals surface area contributed by atoms with Gasteiger partial charge in [0.05, 0.1) is 31.4 Å². The molecule has 0 bridgehead atoms. The van der Waals surface area contributed by atoms with Gasteiger partial charge in [0.2, 0.25) is 0 Å². The second-order valence-corrected chi connectivity index (χ2v) is 8.38. The van der Waals surface area contributed by atoms with Crippen molar-refractivity contribution in [3.63, 3.8) is 0 Å². The summed E-state index contributed by atoms with van der Waals surface area (Å²) in [5.41, 5.74) is 1.14. The molecule has 1 atom stereocenters. The largest absolute Gasteiger partial charge is 0.507 e. The van der Waals surface area contributed by atoms with Crippen molar-refractivity contribution in [1.29, 1.82) is 0 Å². The first-order valence-electron chi connectivity index (χ1n) is 11.5. The molecule has 34 heavy (non-hydrogen) atoms. The molecule has 0 aromatic heterocycles. The average molecular weight is 469 g/mol. The molecule has 0 radical (unpaired) electrons. The molecule has 2 saturated heterocycles. The molecule has 2 fully saturated rings. The summed E-state index contributed by atoms with van der Waals surface area (Å²) in [4.78, 5) is 29.8. The van der Waals surface area contributed by atoms with Gasteiger partial charge < -0.3 is 19.5 Å². The Morgan fingerprint density at radius 3 is 2.56 bits per heavy atom. The van der Waals surface area contributed by atoms with Crippen molar-refractivity contribution < 1.29 is 28.6 Å². The van der Waals surface area contributed by atoms with E-state index in [1.807, 2.05) is 6.92 Å². The molecule has 8 heteroatoms. The monoisotopic (exact) mass is 468 g/mol. The number of aryl methyl sites for hydroxylation is 1. The summed E-state index contributed by atoms with van der Waals surface area (Å²) in [5, 5.41) is 11.3. The summed E-state index contributed by atoms with van der Waals surface area (Å²) in [6, 6.07) is 10.1. The maximum Gasteiger partial charge on any atom is 0.295 e. The molecule has 2 aliphatic rings. The molecule has 0 saturated carbocycles. The second kappa shape index (κ2) is 10.4. The fraction of sp³-hybridized carbons (Fsp3) is 0.385. The van der Waals surface area contributed by atoms with Crippen LogP contribution in [0, 0.1) is 12.7 Å². The SMILES string of the molecule is CCOc1ccc(C(O)=C2C(=O)C(=O)N(CCN3CCOCC3)C2c2ccccc2F)c(C)c1. The van der Waals surface area contributed by atoms with E-state index in [1.54, 1.807) is 43.3 Å². The number of carbonyl (C=O) groups is 2. The summed E-state index contributed by atoms with van der Waals surface area (Å²) in [6.45, 7) is 7.54. The van der Waals surface area contributed by atoms with Crippen LogP contribution < -0.4 is 4.74 Å². The third kappa shape index (κ3) is 4.69. The van der Waals surface area contributed by atoms with E-state index in [9.17, 15) is 19.1 Å². The highest BCUT2D eigenvalue weighted by Crippen LogP contribution is 2.40. The minimum Gasteiger partial charge on any atom is -0.507 e. The van der Waals surface area contributed by atoms with Crippen molar-refractivity contribution in [1.82, 2.24) is 9.80 Å². The Bertz CT molecular complexity index is 1110. The first kappa shape index (κ1) is 23.9. The lowest BCUT2D eigenvalue weighted by molar-refractivity contribution is -0.140. The van der Waals surface area contributed by atoms with E-state index in [1.165, 1.54) is 11.0 Å². The van der Waals surface area contributed by atoms with Gasteiger partial charge in [-0.1, -0.05) is 18.2 Å². The smallest absolute Gasteiger partial charge is 0.295 e. The van der Waals surface area contributed by atoms with Crippen LogP contribution >= 0.6 is 0 Å². The molecule has 180 valence electrons. The number of carbonyl (C=O) groups excluding carboxylic acids is 2. The van der Waals surface area contributed by atoms with E-state index in [-0.39, 0.29) is 23.4 Å². The van der Waals surface area contributed by atoms with Crippen molar-refractivity contribution in [2.75, 3.05) is 46.0 Å². The van der Waals surface area contributed by atoms with Crippen LogP contribution in [0.2, 0.25) is 0 Å². The molecule has 2 heterocycles. The Morgan fingerprint density at radius 1 is 1.15 bits per heavy atom. The van der Waals surface area contributed by atoms with E-state index in [0.29, 0.717) is 43.2 Å². The molecule has 1 unspecified atom stereocenters. The number of halogens is 1. The summed E-state index contributed by atoms with van der Waals surface area (Å²) in [5.74, 6) is -1.79. The van der Waals surface area contributed by atoms with E-state index in [0.717, 1.165) is 13.1 Å². The van der Waals surface area contributed by atoms with Crippen LogP contribution in [0.4, 0.5) is 4.39 Å². The Labute approximate surface area is 198 Å². The quantitative estimate of drug-likeness (QED) is 0.382. The van der Waals surface area contributed by atoms with Gasteiger partial charge in [-0.2, -0.15) is 0 Å². The maximum absolute atomic E-state index is 14.9. The van der Waals surface area contributed by atoms with Gasteiger partial charge in [0, 0.05) is 37.3 Å². The lowest BCUT2D eigenvalue weighted by Gasteiger charge is -2.31. The molecular weight excluding hydrogens is 439 g/mol. The van der Waals surface area contributed by atoms with Crippen LogP contribution in [-0.4, -0.2) is 72.6 Å². The zero-order chi connectivity index (χ0) is 24.2. The fourth-order valence-corrected chi connectivity index (χ4v) is 4.51. The molecule has 0 aliphatic carbocycles. The van der Waals surface area contributed by atoms with E-state index < -0.39 is 23.5 Å². The summed E-state index contributed by atoms with van der Waals surface area (Å²) < 4.78 is 25.8. The highest BCUT2D eigenvalue weighted by atomic mass is 19.1. The summed E-state index contributed by atoms with van der Waals surface area (Å²) in [7, 11) is 0. The molecule has 1 N–H and O–H groups in total. The summed E-state index contributed by atoms with van der Waals surface area (Å²) >= 11 is 0. The number of morpholine rings is 1. The molecule has 2 aromatic carbocycles. The number of aliphatic hydroxyl groups is 1. The van der Waals surface area contributed by atoms with Crippen LogP contribution in [0.15, 0.2) is 48.0 Å². The van der Waals surface area contributed by atoms with Gasteiger partial charge in [0.1, 0.15) is 17.3 Å². The highest BCUT2D eigenvalue weighted by Gasteiger charge is 2.47. The Morgan fingerprint density at radius 2 is 1.88 bits per heavy atom. The minimum absolute atomic E-state index is 0.107. The van der Waals surface area contributed by atoms with Gasteiger partial charge in [-0.3, -0.25) is 14.5 Å². The number of amides is 1. The van der Waals surface area contributed by atoms with Crippen molar-refractivity contribution in [2.45, 2.75) is 19.9 Å². The third-order valence-electron chi connectivity index (χ3n) is 6.26. The third-order valence-corrected chi connectivity index (χ3v) is 6.26. The number of nitrogens with zero attached hydrogens (tertiary/aromatic N) is 2. The molecule has 4 rings (SSSR count). The standard InChI is InChI=1S/C26H29FN2O5/c1-3-34-18-8-9-19(17(2)16-18)24(30)22-23(20-6-4-5-7-21(20)27)29(26(32)25(22)31)11-10-28-12-14-33-15-13-28/h4-9,16,23,30H,3,10-15H2,1-2H3. The van der Waals surface area contributed by atoms with Gasteiger partial charge in [-0.05, 0) is 43.7 Å². The van der Waals surface area contributed by atoms with Crippen LogP contribution in [-0.2, 0) is 14.3 Å². The van der Waals surface area contributed by atoms with Crippen molar-refractivity contribution in [2.24, 2.45) is 0 Å². The van der Waals surface area contributed by atoms with E-state index >= 15 is 0 Å². The number of Topliss-reactive ketones (excluding diaryl/α,β-unsaturated/α-hetero) is 1. The normalized spacial score (nSPS) is 20.7. The van der Waals surface area contributed by atoms with Crippen LogP contribution in [0.1, 0.15) is 29.7 Å². The van der Waals surface area contributed by atoms with Gasteiger partial charge in [0.15, 0.2) is 0 Å². The van der Waals surface area contributed by atoms with Crippen molar-refractivity contribution in [3.8, 4) is 5.75 Å². The maximum atomic E-state index is 14.9. The predicted octanol–water partition coefficient (Wildman–Crippen LogP) is 3.29. The molecule has 2 aliphatic heterocycles. The van der Waals surface area contributed by atoms with Crippen LogP contribution in [0.25, 0.3) is 5.76 Å². The molecule has 7 nitrogen and oxygen atoms in total. The molecular formula is C26H29FN2O5. The number of ketones is 1. The van der Waals surface area contributed by atoms with Crippen LogP contribution in [0.3, 0.4) is 0 Å². The summed E-state index contributed by atoms with van der Waals surface area (Å²) in [6.07, 6.45) is 0. The number of ether oxygens (including phenoxy) is 2. The first-order chi connectivity index (χ1) is 16.4. The molecule has 2 aromatic rings. The predicted molar refractivity (Wildman–Crippen MR) is 125 cm³/mol. The van der Waals surface area contributed by atoms with Crippen molar-refractivity contribution >= 4 is 17.4 Å². The first-order valence-corrected chi connectivity index (χ1v) is 11.5. The van der Waals surface area contributed by atoms with Crippen molar-refractivity contribution in [3.05, 3.63) is 70.5 Å². The Hall–Kier alpha value is -3.23. The highest BCUT2D eigenvalue weighted by molar-refractivity contribution is 6.46. The molecule has 0 spiro atoms. The lowest BCUT2D eigenvalue weighted by Crippen LogP contribution is -2.42. The van der Waals surface area contributed by atoms with E-state index in [2.05, 4.69) is 4.90 Å². The van der Waals surface area contributed by atoms with E-state index in [4.69, 9.17) is 9.47 Å². The number of likely N-dealkylation sites (tertiary alicyclic amines) is 1. The Kier molecular flexibility index (Phi) is 7.29. The topological polar surface area (TPSA) is 79.3 Å². The lowest BCUT2D eigenvalue weighted by atomic mass is 9.93. The Balaban J connectivity index is 1.76. The number of aliphatic hydroxyl groups excluding tert-OH is 1. The van der Waals surface area contributed by atoms with Crippen LogP contribution in [0.5, 0.6) is 5.75 Å². The average Bonchev–Trinajstić information content (AvgIpc) is 3.08. The minimum atomic E-state index is -1.02. The second-order valence-electron chi connectivity index (χ2n) is 8.38. The zero-order valence-electron chi connectivity index (χ0n) is 19.4. The zero-order valence-corrected chi connectivity index (χ0v) is 19.4. The number of rotatable bonds is 7. The number of benzene rings is 2. The van der Waals surface area contributed by atoms with Gasteiger partial charge >= 0.3 is 0 Å². The number of hydrogen-bond donors (Lipinski definition) is 1. The van der Waals surface area contributed by atoms with Gasteiger partial charge in [-0.25, -0.2) is 4.39 Å². The number of hydrogen-bond acceptors (Lipinski definition) is 6.